The zero-order chi connectivity index (χ0) is 28.0. The molecule has 0 saturated heterocycles. The Morgan fingerprint density at radius 3 is 0.976 bits per heavy atom. The molecule has 11 heteroatoms. The molecule has 0 saturated carbocycles. The number of hydrogen-bond donors (Lipinski definition) is 5. The highest BCUT2D eigenvalue weighted by Gasteiger charge is 2.26. The van der Waals surface area contributed by atoms with Gasteiger partial charge in [-0.25, -0.2) is 19.9 Å². The SMILES string of the molecule is OC(CN(c1nc2ccccc2[nH]1)c1nc2ccccc2[nH]1)CN(c1nc2ccccc2[nH]1)c1nc2ccccc2[nH]1. The maximum atomic E-state index is 11.7. The third-order valence-corrected chi connectivity index (χ3v) is 7.32. The van der Waals surface area contributed by atoms with E-state index in [0.29, 0.717) is 23.8 Å². The minimum Gasteiger partial charge on any atom is -0.389 e. The molecule has 0 aliphatic rings. The van der Waals surface area contributed by atoms with E-state index in [1.807, 2.05) is 107 Å². The minimum atomic E-state index is -0.868. The van der Waals surface area contributed by atoms with E-state index in [1.54, 1.807) is 0 Å². The summed E-state index contributed by atoms with van der Waals surface area (Å²) in [5.74, 6) is 2.31. The molecule has 0 aliphatic heterocycles. The Labute approximate surface area is 238 Å². The molecule has 206 valence electrons. The smallest absolute Gasteiger partial charge is 0.210 e. The largest absolute Gasteiger partial charge is 0.389 e. The van der Waals surface area contributed by atoms with E-state index in [1.165, 1.54) is 0 Å². The van der Waals surface area contributed by atoms with Crippen molar-refractivity contribution in [3.8, 4) is 0 Å². The maximum absolute atomic E-state index is 11.7. The maximum Gasteiger partial charge on any atom is 0.210 e. The Balaban J connectivity index is 1.17. The Morgan fingerprint density at radius 1 is 0.452 bits per heavy atom. The van der Waals surface area contributed by atoms with Gasteiger partial charge in [0.15, 0.2) is 0 Å². The van der Waals surface area contributed by atoms with E-state index in [9.17, 15) is 5.11 Å². The summed E-state index contributed by atoms with van der Waals surface area (Å²) in [4.78, 5) is 36.6. The number of para-hydroxylation sites is 8. The van der Waals surface area contributed by atoms with E-state index in [2.05, 4.69) is 19.9 Å². The van der Waals surface area contributed by atoms with Crippen LogP contribution in [0.3, 0.4) is 0 Å². The molecule has 0 unspecified atom stereocenters. The molecule has 0 amide bonds. The van der Waals surface area contributed by atoms with Gasteiger partial charge in [0.05, 0.1) is 63.3 Å². The fourth-order valence-electron chi connectivity index (χ4n) is 5.29. The number of nitrogens with one attached hydrogen (secondary N) is 4. The first-order valence-electron chi connectivity index (χ1n) is 13.7. The summed E-state index contributed by atoms with van der Waals surface area (Å²) in [5, 5.41) is 11.7. The first kappa shape index (κ1) is 24.1. The number of aliphatic hydroxyl groups is 1. The predicted molar refractivity (Wildman–Crippen MR) is 164 cm³/mol. The molecule has 0 spiro atoms. The number of imidazole rings is 4. The number of benzene rings is 4. The highest BCUT2D eigenvalue weighted by molar-refractivity contribution is 5.82. The van der Waals surface area contributed by atoms with Gasteiger partial charge in [0.25, 0.3) is 0 Å². The topological polar surface area (TPSA) is 141 Å². The molecule has 4 heterocycles. The molecule has 0 bridgehead atoms. The van der Waals surface area contributed by atoms with Crippen molar-refractivity contribution in [3.63, 3.8) is 0 Å². The monoisotopic (exact) mass is 554 g/mol. The van der Waals surface area contributed by atoms with E-state index < -0.39 is 6.10 Å². The lowest BCUT2D eigenvalue weighted by Gasteiger charge is -2.26. The number of hydrogen-bond acceptors (Lipinski definition) is 7. The number of aromatic nitrogens is 8. The molecular weight excluding hydrogens is 528 g/mol. The van der Waals surface area contributed by atoms with Gasteiger partial charge in [-0.1, -0.05) is 48.5 Å². The van der Waals surface area contributed by atoms with Crippen LogP contribution in [0.4, 0.5) is 23.8 Å². The highest BCUT2D eigenvalue weighted by Crippen LogP contribution is 2.28. The number of rotatable bonds is 8. The first-order chi connectivity index (χ1) is 20.7. The van der Waals surface area contributed by atoms with Crippen LogP contribution >= 0.6 is 0 Å². The number of anilines is 4. The summed E-state index contributed by atoms with van der Waals surface area (Å²) < 4.78 is 0. The lowest BCUT2D eigenvalue weighted by atomic mass is 10.3. The summed E-state index contributed by atoms with van der Waals surface area (Å²) in [7, 11) is 0. The van der Waals surface area contributed by atoms with Gasteiger partial charge >= 0.3 is 0 Å². The van der Waals surface area contributed by atoms with Crippen molar-refractivity contribution in [2.45, 2.75) is 6.10 Å². The summed E-state index contributed by atoms with van der Waals surface area (Å²) >= 11 is 0. The average Bonchev–Trinajstić information content (AvgIpc) is 3.81. The zero-order valence-electron chi connectivity index (χ0n) is 22.4. The molecule has 0 atom stereocenters. The van der Waals surface area contributed by atoms with Crippen molar-refractivity contribution in [2.24, 2.45) is 0 Å². The molecule has 8 aromatic rings. The highest BCUT2D eigenvalue weighted by atomic mass is 16.3. The molecule has 8 rings (SSSR count). The third kappa shape index (κ3) is 4.28. The van der Waals surface area contributed by atoms with Crippen LogP contribution in [-0.2, 0) is 0 Å². The van der Waals surface area contributed by atoms with Gasteiger partial charge in [-0.2, -0.15) is 0 Å². The summed E-state index contributed by atoms with van der Waals surface area (Å²) in [6.45, 7) is 0.382. The molecule has 42 heavy (non-hydrogen) atoms. The lowest BCUT2D eigenvalue weighted by molar-refractivity contribution is 0.189. The van der Waals surface area contributed by atoms with Crippen LogP contribution in [0.2, 0.25) is 0 Å². The standard InChI is InChI=1S/C31H26N10O/c42-19(17-40(28-32-20-9-1-2-10-21(20)33-28)29-34-22-11-3-4-12-23(22)35-29)18-41(30-36-24-13-5-6-14-25(24)37-30)31-38-26-15-7-8-16-27(26)39-31/h1-16,19,42H,17-18H2,(H,32,33)(H,34,35)(H,36,37)(H,38,39). The summed E-state index contributed by atoms with van der Waals surface area (Å²) in [5.41, 5.74) is 6.90. The summed E-state index contributed by atoms with van der Waals surface area (Å²) in [6, 6.07) is 31.4. The van der Waals surface area contributed by atoms with Crippen LogP contribution in [0, 0.1) is 0 Å². The quantitative estimate of drug-likeness (QED) is 0.166. The minimum absolute atomic E-state index is 0.191. The molecule has 0 radical (unpaired) electrons. The van der Waals surface area contributed by atoms with Crippen molar-refractivity contribution in [3.05, 3.63) is 97.1 Å². The first-order valence-corrected chi connectivity index (χ1v) is 13.7. The van der Waals surface area contributed by atoms with E-state index in [0.717, 1.165) is 44.1 Å². The molecule has 4 aromatic heterocycles. The molecule has 0 aliphatic carbocycles. The van der Waals surface area contributed by atoms with Gasteiger partial charge in [-0.3, -0.25) is 9.80 Å². The number of aliphatic hydroxyl groups excluding tert-OH is 1. The van der Waals surface area contributed by atoms with E-state index in [4.69, 9.17) is 19.9 Å². The Hall–Kier alpha value is -5.68. The van der Waals surface area contributed by atoms with Crippen molar-refractivity contribution in [1.82, 2.24) is 39.9 Å². The molecular formula is C31H26N10O. The van der Waals surface area contributed by atoms with Crippen molar-refractivity contribution >= 4 is 67.9 Å². The van der Waals surface area contributed by atoms with Crippen molar-refractivity contribution in [1.29, 1.82) is 0 Å². The predicted octanol–water partition coefficient (Wildman–Crippen LogP) is 5.53. The van der Waals surface area contributed by atoms with Gasteiger partial charge < -0.3 is 25.0 Å². The Bertz CT molecular complexity index is 1740. The second-order valence-corrected chi connectivity index (χ2v) is 10.2. The zero-order valence-corrected chi connectivity index (χ0v) is 22.4. The average molecular weight is 555 g/mol. The lowest BCUT2D eigenvalue weighted by Crippen LogP contribution is -2.38. The van der Waals surface area contributed by atoms with Crippen molar-refractivity contribution in [2.75, 3.05) is 22.9 Å². The van der Waals surface area contributed by atoms with Gasteiger partial charge in [0.2, 0.25) is 23.8 Å². The molecule has 0 fully saturated rings. The van der Waals surface area contributed by atoms with Crippen LogP contribution in [0.5, 0.6) is 0 Å². The van der Waals surface area contributed by atoms with Crippen LogP contribution in [0.15, 0.2) is 97.1 Å². The van der Waals surface area contributed by atoms with E-state index in [-0.39, 0.29) is 13.1 Å². The van der Waals surface area contributed by atoms with Crippen LogP contribution in [-0.4, -0.2) is 64.2 Å². The second-order valence-electron chi connectivity index (χ2n) is 10.2. The van der Waals surface area contributed by atoms with Crippen LogP contribution in [0.1, 0.15) is 0 Å². The number of fused-ring (bicyclic) bond motifs is 4. The Morgan fingerprint density at radius 2 is 0.714 bits per heavy atom. The van der Waals surface area contributed by atoms with Crippen LogP contribution in [0.25, 0.3) is 44.1 Å². The van der Waals surface area contributed by atoms with Gasteiger partial charge in [0.1, 0.15) is 0 Å². The van der Waals surface area contributed by atoms with Gasteiger partial charge in [-0.05, 0) is 48.5 Å². The number of H-pyrrole nitrogens is 4. The fourth-order valence-corrected chi connectivity index (χ4v) is 5.29. The number of nitrogens with zero attached hydrogens (tertiary/aromatic N) is 6. The van der Waals surface area contributed by atoms with Gasteiger partial charge in [0, 0.05) is 0 Å². The van der Waals surface area contributed by atoms with E-state index >= 15 is 0 Å². The third-order valence-electron chi connectivity index (χ3n) is 7.32. The summed E-state index contributed by atoms with van der Waals surface area (Å²) in [6.07, 6.45) is -0.868. The van der Waals surface area contributed by atoms with Gasteiger partial charge in [-0.15, -0.1) is 0 Å². The molecule has 5 N–H and O–H groups in total. The van der Waals surface area contributed by atoms with Crippen LogP contribution < -0.4 is 9.80 Å². The fraction of sp³-hybridized carbons (Fsp3) is 0.0968. The Kier molecular flexibility index (Phi) is 5.61. The normalized spacial score (nSPS) is 11.9. The molecule has 11 nitrogen and oxygen atoms in total. The molecule has 4 aromatic carbocycles. The number of aromatic amines is 4. The van der Waals surface area contributed by atoms with Crippen molar-refractivity contribution < 1.29 is 5.11 Å². The second kappa shape index (κ2) is 9.75.